The van der Waals surface area contributed by atoms with Crippen LogP contribution < -0.4 is 11.3 Å². The summed E-state index contributed by atoms with van der Waals surface area (Å²) in [5.41, 5.74) is 3.57. The van der Waals surface area contributed by atoms with Gasteiger partial charge in [0.2, 0.25) is 0 Å². The van der Waals surface area contributed by atoms with Crippen LogP contribution in [0.25, 0.3) is 0 Å². The van der Waals surface area contributed by atoms with Gasteiger partial charge in [-0.2, -0.15) is 4.37 Å². The van der Waals surface area contributed by atoms with E-state index in [0.717, 1.165) is 27.2 Å². The van der Waals surface area contributed by atoms with Gasteiger partial charge in [-0.15, -0.1) is 0 Å². The Labute approximate surface area is 107 Å². The van der Waals surface area contributed by atoms with E-state index in [-0.39, 0.29) is 0 Å². The zero-order valence-electron chi connectivity index (χ0n) is 9.47. The van der Waals surface area contributed by atoms with Gasteiger partial charge in [0.1, 0.15) is 23.0 Å². The smallest absolute Gasteiger partial charge is 0.176 e. The molecule has 2 aromatic rings. The van der Waals surface area contributed by atoms with Crippen LogP contribution in [0.4, 0.5) is 5.82 Å². The Hall–Kier alpha value is -1.25. The largest absolute Gasteiger partial charge is 0.308 e. The lowest BCUT2D eigenvalue weighted by molar-refractivity contribution is 0.939. The van der Waals surface area contributed by atoms with E-state index in [4.69, 9.17) is 5.84 Å². The van der Waals surface area contributed by atoms with Gasteiger partial charge in [0, 0.05) is 5.56 Å². The fourth-order valence-corrected chi connectivity index (χ4v) is 3.06. The molecule has 2 rings (SSSR count). The Balaban J connectivity index is 2.32. The Morgan fingerprint density at radius 2 is 2.29 bits per heavy atom. The Kier molecular flexibility index (Phi) is 3.87. The summed E-state index contributed by atoms with van der Waals surface area (Å²) in [5, 5.41) is 0.867. The summed E-state index contributed by atoms with van der Waals surface area (Å²) >= 11 is 2.85. The molecule has 0 saturated heterocycles. The summed E-state index contributed by atoms with van der Waals surface area (Å²) in [6.07, 6.45) is 2.30. The number of aromatic nitrogens is 4. The van der Waals surface area contributed by atoms with Crippen molar-refractivity contribution in [1.82, 2.24) is 19.3 Å². The highest BCUT2D eigenvalue weighted by Crippen LogP contribution is 2.32. The quantitative estimate of drug-likeness (QED) is 0.495. The molecule has 8 heteroatoms. The van der Waals surface area contributed by atoms with Crippen molar-refractivity contribution >= 4 is 29.1 Å². The third kappa shape index (κ3) is 2.71. The maximum atomic E-state index is 5.42. The van der Waals surface area contributed by atoms with Crippen LogP contribution in [-0.4, -0.2) is 19.3 Å². The predicted octanol–water partition coefficient (Wildman–Crippen LogP) is 1.64. The van der Waals surface area contributed by atoms with Crippen LogP contribution in [0.5, 0.6) is 0 Å². The van der Waals surface area contributed by atoms with Crippen LogP contribution in [0.1, 0.15) is 18.3 Å². The number of anilines is 1. The summed E-state index contributed by atoms with van der Waals surface area (Å²) in [7, 11) is 0. The second-order valence-electron chi connectivity index (χ2n) is 3.21. The molecule has 17 heavy (non-hydrogen) atoms. The lowest BCUT2D eigenvalue weighted by Gasteiger charge is -2.08. The third-order valence-electron chi connectivity index (χ3n) is 2.09. The van der Waals surface area contributed by atoms with Crippen molar-refractivity contribution in [3.05, 3.63) is 17.7 Å². The number of nitrogens with one attached hydrogen (secondary N) is 1. The van der Waals surface area contributed by atoms with Crippen LogP contribution in [-0.2, 0) is 6.42 Å². The fraction of sp³-hybridized carbons (Fsp3) is 0.333. The van der Waals surface area contributed by atoms with Crippen LogP contribution in [0, 0.1) is 6.92 Å². The number of hydrazine groups is 1. The number of nitrogen functional groups attached to an aromatic ring is 1. The number of nitrogens with zero attached hydrogens (tertiary/aromatic N) is 4. The Bertz CT molecular complexity index is 512. The van der Waals surface area contributed by atoms with Gasteiger partial charge in [-0.05, 0) is 36.6 Å². The van der Waals surface area contributed by atoms with Gasteiger partial charge in [0.05, 0.1) is 0 Å². The van der Waals surface area contributed by atoms with Gasteiger partial charge >= 0.3 is 0 Å². The highest BCUT2D eigenvalue weighted by molar-refractivity contribution is 8.00. The zero-order valence-corrected chi connectivity index (χ0v) is 11.1. The molecule has 90 valence electrons. The Morgan fingerprint density at radius 1 is 1.47 bits per heavy atom. The molecule has 2 aromatic heterocycles. The minimum atomic E-state index is 0.659. The minimum Gasteiger partial charge on any atom is -0.308 e. The van der Waals surface area contributed by atoms with Gasteiger partial charge in [0.25, 0.3) is 0 Å². The Morgan fingerprint density at radius 3 is 2.88 bits per heavy atom. The molecule has 0 radical (unpaired) electrons. The first-order chi connectivity index (χ1) is 8.24. The van der Waals surface area contributed by atoms with E-state index in [1.54, 1.807) is 0 Å². The van der Waals surface area contributed by atoms with E-state index in [0.29, 0.717) is 5.82 Å². The third-order valence-corrected chi connectivity index (χ3v) is 3.98. The van der Waals surface area contributed by atoms with Crippen molar-refractivity contribution < 1.29 is 0 Å². The summed E-state index contributed by atoms with van der Waals surface area (Å²) in [6, 6.07) is 0. The summed E-state index contributed by atoms with van der Waals surface area (Å²) < 4.78 is 5.01. The van der Waals surface area contributed by atoms with E-state index in [2.05, 4.69) is 24.8 Å². The van der Waals surface area contributed by atoms with Crippen molar-refractivity contribution in [2.45, 2.75) is 29.6 Å². The van der Waals surface area contributed by atoms with Gasteiger partial charge < -0.3 is 5.43 Å². The number of hydrogen-bond donors (Lipinski definition) is 2. The molecular formula is C9H12N6S2. The van der Waals surface area contributed by atoms with E-state index in [1.165, 1.54) is 29.6 Å². The molecule has 0 fully saturated rings. The van der Waals surface area contributed by atoms with Crippen molar-refractivity contribution in [2.75, 3.05) is 5.43 Å². The van der Waals surface area contributed by atoms with Crippen LogP contribution in [0.15, 0.2) is 15.7 Å². The van der Waals surface area contributed by atoms with E-state index < -0.39 is 0 Å². The van der Waals surface area contributed by atoms with E-state index in [9.17, 15) is 0 Å². The molecule has 0 spiro atoms. The molecule has 3 N–H and O–H groups in total. The van der Waals surface area contributed by atoms with Gasteiger partial charge in [-0.25, -0.2) is 20.8 Å². The number of rotatable bonds is 4. The van der Waals surface area contributed by atoms with Crippen molar-refractivity contribution in [2.24, 2.45) is 5.84 Å². The first-order valence-corrected chi connectivity index (χ1v) is 6.62. The SMILES string of the molecule is CCc1c(NN)ncnc1Sc1nc(C)ns1. The highest BCUT2D eigenvalue weighted by Gasteiger charge is 2.12. The monoisotopic (exact) mass is 268 g/mol. The molecule has 2 heterocycles. The predicted molar refractivity (Wildman–Crippen MR) is 68.0 cm³/mol. The van der Waals surface area contributed by atoms with Crippen molar-refractivity contribution in [1.29, 1.82) is 0 Å². The lowest BCUT2D eigenvalue weighted by atomic mass is 10.2. The number of nitrogens with two attached hydrogens (primary N) is 1. The van der Waals surface area contributed by atoms with Crippen molar-refractivity contribution in [3.63, 3.8) is 0 Å². The zero-order chi connectivity index (χ0) is 12.3. The minimum absolute atomic E-state index is 0.659. The second-order valence-corrected chi connectivity index (χ2v) is 5.20. The van der Waals surface area contributed by atoms with Crippen molar-refractivity contribution in [3.8, 4) is 0 Å². The van der Waals surface area contributed by atoms with Gasteiger partial charge in [-0.3, -0.25) is 0 Å². The molecule has 0 bridgehead atoms. The highest BCUT2D eigenvalue weighted by atomic mass is 32.2. The van der Waals surface area contributed by atoms with Crippen LogP contribution >= 0.6 is 23.3 Å². The molecule has 0 aliphatic rings. The van der Waals surface area contributed by atoms with E-state index in [1.807, 2.05) is 13.8 Å². The molecule has 0 aliphatic carbocycles. The summed E-state index contributed by atoms with van der Waals surface area (Å²) in [6.45, 7) is 3.91. The molecule has 0 unspecified atom stereocenters. The average Bonchev–Trinajstić information content (AvgIpc) is 2.74. The normalized spacial score (nSPS) is 10.5. The lowest BCUT2D eigenvalue weighted by Crippen LogP contribution is -2.12. The van der Waals surface area contributed by atoms with Crippen LogP contribution in [0.3, 0.4) is 0 Å². The second kappa shape index (κ2) is 5.39. The average molecular weight is 268 g/mol. The molecule has 6 nitrogen and oxygen atoms in total. The number of hydrogen-bond acceptors (Lipinski definition) is 8. The molecule has 0 saturated carbocycles. The molecule has 0 atom stereocenters. The molecular weight excluding hydrogens is 256 g/mol. The maximum absolute atomic E-state index is 5.42. The molecule has 0 aromatic carbocycles. The summed E-state index contributed by atoms with van der Waals surface area (Å²) in [4.78, 5) is 12.6. The van der Waals surface area contributed by atoms with Gasteiger partial charge in [-0.1, -0.05) is 6.92 Å². The summed E-state index contributed by atoms with van der Waals surface area (Å²) in [5.74, 6) is 6.86. The molecule has 0 amide bonds. The van der Waals surface area contributed by atoms with Crippen LogP contribution in [0.2, 0.25) is 0 Å². The first kappa shape index (κ1) is 12.2. The van der Waals surface area contributed by atoms with E-state index >= 15 is 0 Å². The molecule has 0 aliphatic heterocycles. The standard InChI is InChI=1S/C9H12N6S2/c1-3-6-7(14-10)11-4-12-8(6)16-9-13-5(2)15-17-9/h4H,3,10H2,1-2H3,(H,11,12,14). The first-order valence-electron chi connectivity index (χ1n) is 5.03. The maximum Gasteiger partial charge on any atom is 0.176 e. The topological polar surface area (TPSA) is 89.6 Å². The van der Waals surface area contributed by atoms with Gasteiger partial charge in [0.15, 0.2) is 4.34 Å². The fourth-order valence-electron chi connectivity index (χ4n) is 1.33. The number of aryl methyl sites for hydroxylation is 1.